The molecule has 11 heavy (non-hydrogen) atoms. The minimum atomic E-state index is 0.340. The summed E-state index contributed by atoms with van der Waals surface area (Å²) in [4.78, 5) is 0. The van der Waals surface area contributed by atoms with E-state index in [4.69, 9.17) is 0 Å². The Labute approximate surface area is 102 Å². The molecular weight excluding hydrogens is 404 g/mol. The van der Waals surface area contributed by atoms with Gasteiger partial charge in [0.05, 0.1) is 3.74 Å². The summed E-state index contributed by atoms with van der Waals surface area (Å²) in [7, 11) is 0. The van der Waals surface area contributed by atoms with E-state index in [0.29, 0.717) is 9.15 Å². The van der Waals surface area contributed by atoms with Gasteiger partial charge in [-0.3, -0.25) is 0 Å². The van der Waals surface area contributed by atoms with Crippen LogP contribution in [0.5, 0.6) is 0 Å². The number of hydrogen-bond donors (Lipinski definition) is 0. The average Bonchev–Trinajstić information content (AvgIpc) is 1.88. The fraction of sp³-hybridized carbons (Fsp3) is 1.00. The molecule has 0 spiro atoms. The summed E-state index contributed by atoms with van der Waals surface area (Å²) in [6.07, 6.45) is 2.36. The van der Waals surface area contributed by atoms with Gasteiger partial charge in [0.1, 0.15) is 0 Å². The van der Waals surface area contributed by atoms with Crippen molar-refractivity contribution in [2.75, 3.05) is 10.7 Å². The maximum absolute atomic E-state index is 3.57. The fourth-order valence-corrected chi connectivity index (χ4v) is 3.50. The highest BCUT2D eigenvalue weighted by molar-refractivity contribution is 9.24. The lowest BCUT2D eigenvalue weighted by Crippen LogP contribution is -2.24. The van der Waals surface area contributed by atoms with Crippen LogP contribution in [0.1, 0.15) is 19.8 Å². The molecule has 4 heteroatoms. The number of hydrogen-bond acceptors (Lipinski definition) is 0. The van der Waals surface area contributed by atoms with Crippen molar-refractivity contribution < 1.29 is 0 Å². The van der Waals surface area contributed by atoms with Gasteiger partial charge in [0.15, 0.2) is 0 Å². The molecule has 0 aromatic carbocycles. The molecule has 0 fully saturated rings. The maximum atomic E-state index is 3.57. The molecule has 0 N–H and O–H groups in total. The summed E-state index contributed by atoms with van der Waals surface area (Å²) in [5, 5.41) is 2.12. The van der Waals surface area contributed by atoms with Gasteiger partial charge in [0.2, 0.25) is 0 Å². The van der Waals surface area contributed by atoms with Crippen molar-refractivity contribution in [1.29, 1.82) is 0 Å². The molecule has 0 atom stereocenters. The molecule has 0 aromatic rings. The predicted molar refractivity (Wildman–Crippen MR) is 66.6 cm³/mol. The summed E-state index contributed by atoms with van der Waals surface area (Å²) in [5.74, 6) is 0. The first-order valence-electron chi connectivity index (χ1n) is 3.47. The smallest absolute Gasteiger partial charge is 0.0751 e. The van der Waals surface area contributed by atoms with Gasteiger partial charge in [-0.05, 0) is 18.3 Å². The third-order valence-electron chi connectivity index (χ3n) is 1.86. The van der Waals surface area contributed by atoms with Gasteiger partial charge < -0.3 is 0 Å². The maximum Gasteiger partial charge on any atom is 0.0751 e. The Hall–Kier alpha value is 1.92. The van der Waals surface area contributed by atoms with E-state index in [0.717, 1.165) is 10.7 Å². The number of halogens is 4. The monoisotopic (exact) mass is 412 g/mol. The normalized spacial score (nSPS) is 12.5. The third-order valence-corrected chi connectivity index (χ3v) is 4.86. The molecule has 0 radical (unpaired) electrons. The molecule has 0 amide bonds. The molecule has 0 aliphatic heterocycles. The molecule has 0 aliphatic rings. The molecule has 0 saturated heterocycles. The van der Waals surface area contributed by atoms with Crippen LogP contribution in [0.3, 0.4) is 0 Å². The highest BCUT2D eigenvalue weighted by atomic mass is 79.9. The van der Waals surface area contributed by atoms with Crippen LogP contribution in [0, 0.1) is 5.41 Å². The van der Waals surface area contributed by atoms with Crippen molar-refractivity contribution in [1.82, 2.24) is 0 Å². The van der Waals surface area contributed by atoms with Gasteiger partial charge in [0, 0.05) is 10.7 Å². The van der Waals surface area contributed by atoms with E-state index < -0.39 is 0 Å². The van der Waals surface area contributed by atoms with E-state index >= 15 is 0 Å². The summed E-state index contributed by atoms with van der Waals surface area (Å²) >= 11 is 14.1. The zero-order valence-electron chi connectivity index (χ0n) is 6.42. The van der Waals surface area contributed by atoms with Crippen molar-refractivity contribution in [2.24, 2.45) is 5.41 Å². The summed E-state index contributed by atoms with van der Waals surface area (Å²) in [5.41, 5.74) is 0.340. The lowest BCUT2D eigenvalue weighted by atomic mass is 9.87. The van der Waals surface area contributed by atoms with E-state index in [9.17, 15) is 0 Å². The molecule has 0 rings (SSSR count). The molecular formula is C7H12Br4. The second-order valence-corrected chi connectivity index (χ2v) is 7.48. The van der Waals surface area contributed by atoms with Crippen molar-refractivity contribution in [3.8, 4) is 0 Å². The molecule has 0 heterocycles. The Bertz CT molecular complexity index is 96.6. The SMILES string of the molecule is CC(CCBr)(CCBr)C(Br)Br. The first-order valence-corrected chi connectivity index (χ1v) is 7.54. The van der Waals surface area contributed by atoms with Crippen molar-refractivity contribution in [3.05, 3.63) is 0 Å². The molecule has 0 nitrogen and oxygen atoms in total. The molecule has 68 valence electrons. The van der Waals surface area contributed by atoms with Crippen LogP contribution in [-0.2, 0) is 0 Å². The highest BCUT2D eigenvalue weighted by Crippen LogP contribution is 2.39. The minimum absolute atomic E-state index is 0.340. The quantitative estimate of drug-likeness (QED) is 0.572. The third kappa shape index (κ3) is 4.63. The number of rotatable bonds is 5. The lowest BCUT2D eigenvalue weighted by Gasteiger charge is -2.30. The predicted octanol–water partition coefficient (Wildman–Crippen LogP) is 4.68. The van der Waals surface area contributed by atoms with Gasteiger partial charge in [0.25, 0.3) is 0 Å². The van der Waals surface area contributed by atoms with Crippen molar-refractivity contribution >= 4 is 63.7 Å². The first-order chi connectivity index (χ1) is 5.06. The Balaban J connectivity index is 4.01. The van der Waals surface area contributed by atoms with E-state index in [-0.39, 0.29) is 0 Å². The van der Waals surface area contributed by atoms with E-state index in [1.165, 1.54) is 12.8 Å². The average molecular weight is 416 g/mol. The van der Waals surface area contributed by atoms with Crippen LogP contribution < -0.4 is 0 Å². The van der Waals surface area contributed by atoms with Crippen molar-refractivity contribution in [3.63, 3.8) is 0 Å². The lowest BCUT2D eigenvalue weighted by molar-refractivity contribution is 0.346. The van der Waals surface area contributed by atoms with Crippen LogP contribution in [-0.4, -0.2) is 14.4 Å². The zero-order chi connectivity index (χ0) is 8.91. The van der Waals surface area contributed by atoms with Crippen LogP contribution in [0.15, 0.2) is 0 Å². The first kappa shape index (κ1) is 12.9. The summed E-state index contributed by atoms with van der Waals surface area (Å²) in [6.45, 7) is 2.28. The summed E-state index contributed by atoms with van der Waals surface area (Å²) in [6, 6.07) is 0. The van der Waals surface area contributed by atoms with Gasteiger partial charge in [-0.25, -0.2) is 0 Å². The Morgan fingerprint density at radius 3 is 1.64 bits per heavy atom. The van der Waals surface area contributed by atoms with Crippen LogP contribution in [0.2, 0.25) is 0 Å². The Morgan fingerprint density at radius 2 is 1.45 bits per heavy atom. The summed E-state index contributed by atoms with van der Waals surface area (Å²) < 4.78 is 0.401. The fourth-order valence-electron chi connectivity index (χ4n) is 0.775. The number of alkyl halides is 4. The van der Waals surface area contributed by atoms with E-state index in [1.54, 1.807) is 0 Å². The second-order valence-electron chi connectivity index (χ2n) is 2.83. The Morgan fingerprint density at radius 1 is 1.09 bits per heavy atom. The van der Waals surface area contributed by atoms with Crippen LogP contribution in [0.25, 0.3) is 0 Å². The molecule has 0 unspecified atom stereocenters. The molecule has 0 saturated carbocycles. The van der Waals surface area contributed by atoms with Gasteiger partial charge >= 0.3 is 0 Å². The van der Waals surface area contributed by atoms with Gasteiger partial charge in [-0.15, -0.1) is 0 Å². The molecule has 0 aliphatic carbocycles. The highest BCUT2D eigenvalue weighted by Gasteiger charge is 2.29. The van der Waals surface area contributed by atoms with Crippen LogP contribution in [0.4, 0.5) is 0 Å². The van der Waals surface area contributed by atoms with Crippen molar-refractivity contribution in [2.45, 2.75) is 23.5 Å². The largest absolute Gasteiger partial charge is 0.0928 e. The van der Waals surface area contributed by atoms with Gasteiger partial charge in [-0.2, -0.15) is 0 Å². The zero-order valence-corrected chi connectivity index (χ0v) is 12.8. The van der Waals surface area contributed by atoms with Crippen LogP contribution >= 0.6 is 63.7 Å². The van der Waals surface area contributed by atoms with E-state index in [1.807, 2.05) is 0 Å². The molecule has 0 aromatic heterocycles. The second kappa shape index (κ2) is 6.39. The topological polar surface area (TPSA) is 0 Å². The standard InChI is InChI=1S/C7H12Br4/c1-7(2-4-8,3-5-9)6(10)11/h6H,2-5H2,1H3. The minimum Gasteiger partial charge on any atom is -0.0928 e. The van der Waals surface area contributed by atoms with Gasteiger partial charge in [-0.1, -0.05) is 70.6 Å². The Kier molecular flexibility index (Phi) is 7.50. The molecule has 0 bridgehead atoms. The van der Waals surface area contributed by atoms with E-state index in [2.05, 4.69) is 70.6 Å².